The largest absolute Gasteiger partial charge is 0.392 e. The lowest BCUT2D eigenvalue weighted by Gasteiger charge is -2.23. The number of benzene rings is 1. The Labute approximate surface area is 140 Å². The second kappa shape index (κ2) is 10.0. The van der Waals surface area contributed by atoms with E-state index in [1.54, 1.807) is 0 Å². The highest BCUT2D eigenvalue weighted by Crippen LogP contribution is 2.16. The van der Waals surface area contributed by atoms with Crippen LogP contribution in [0.3, 0.4) is 0 Å². The fourth-order valence-electron chi connectivity index (χ4n) is 2.07. The zero-order valence-corrected chi connectivity index (χ0v) is 15.0. The van der Waals surface area contributed by atoms with Gasteiger partial charge in [0, 0.05) is 25.3 Å². The Kier molecular flexibility index (Phi) is 8.33. The summed E-state index contributed by atoms with van der Waals surface area (Å²) < 4.78 is 0. The van der Waals surface area contributed by atoms with E-state index in [4.69, 9.17) is 5.11 Å². The van der Waals surface area contributed by atoms with Crippen molar-refractivity contribution in [3.8, 4) is 0 Å². The van der Waals surface area contributed by atoms with Crippen LogP contribution in [0.2, 0.25) is 0 Å². The summed E-state index contributed by atoms with van der Waals surface area (Å²) in [6.45, 7) is 9.12. The van der Waals surface area contributed by atoms with Crippen molar-refractivity contribution in [2.24, 2.45) is 10.3 Å². The Morgan fingerprint density at radius 2 is 1.96 bits per heavy atom. The summed E-state index contributed by atoms with van der Waals surface area (Å²) in [5.74, 6) is 0. The second-order valence-electron chi connectivity index (χ2n) is 6.05. The summed E-state index contributed by atoms with van der Waals surface area (Å²) >= 11 is 0. The third-order valence-corrected chi connectivity index (χ3v) is 3.66. The van der Waals surface area contributed by atoms with Crippen molar-refractivity contribution in [2.45, 2.75) is 52.8 Å². The molecule has 0 aliphatic heterocycles. The molecule has 0 aliphatic carbocycles. The van der Waals surface area contributed by atoms with E-state index in [0.29, 0.717) is 0 Å². The molecular weight excluding hydrogens is 288 g/mol. The van der Waals surface area contributed by atoms with Crippen LogP contribution in [0.1, 0.15) is 39.7 Å². The Hall–Kier alpha value is -1.88. The van der Waals surface area contributed by atoms with Gasteiger partial charge in [-0.15, -0.1) is 0 Å². The number of aliphatic hydroxyl groups excluding tert-OH is 1. The van der Waals surface area contributed by atoms with Gasteiger partial charge in [0.15, 0.2) is 0 Å². The van der Waals surface area contributed by atoms with Crippen LogP contribution in [-0.4, -0.2) is 35.8 Å². The monoisotopic (exact) mass is 318 g/mol. The molecule has 0 heterocycles. The van der Waals surface area contributed by atoms with E-state index in [-0.39, 0.29) is 18.7 Å². The predicted octanol–water partition coefficient (Wildman–Crippen LogP) is 4.02. The number of anilines is 1. The van der Waals surface area contributed by atoms with E-state index in [2.05, 4.69) is 35.6 Å². The van der Waals surface area contributed by atoms with Crippen LogP contribution in [0.15, 0.2) is 46.3 Å². The molecule has 0 aliphatic rings. The molecule has 0 amide bonds. The number of rotatable bonds is 9. The van der Waals surface area contributed by atoms with Gasteiger partial charge in [-0.25, -0.2) is 0 Å². The first-order valence-corrected chi connectivity index (χ1v) is 8.17. The van der Waals surface area contributed by atoms with Crippen LogP contribution in [-0.2, 0) is 6.61 Å². The highest BCUT2D eigenvalue weighted by molar-refractivity contribution is 5.47. The first-order chi connectivity index (χ1) is 11.0. The van der Waals surface area contributed by atoms with Crippen LogP contribution in [0.4, 0.5) is 5.69 Å². The smallest absolute Gasteiger partial charge is 0.0681 e. The number of nitrogens with zero attached hydrogens (tertiary/aromatic N) is 3. The lowest BCUT2D eigenvalue weighted by molar-refractivity contribution is 0.282. The van der Waals surface area contributed by atoms with Gasteiger partial charge in [-0.05, 0) is 51.8 Å². The van der Waals surface area contributed by atoms with E-state index in [9.17, 15) is 0 Å². The maximum absolute atomic E-state index is 9.12. The van der Waals surface area contributed by atoms with Crippen LogP contribution in [0.25, 0.3) is 0 Å². The fourth-order valence-corrected chi connectivity index (χ4v) is 2.07. The number of hydrogen-bond acceptors (Lipinski definition) is 4. The van der Waals surface area contributed by atoms with Crippen molar-refractivity contribution in [3.63, 3.8) is 0 Å². The summed E-state index contributed by atoms with van der Waals surface area (Å²) in [6.07, 6.45) is 3.07. The molecule has 0 aromatic heterocycles. The summed E-state index contributed by atoms with van der Waals surface area (Å²) in [5, 5.41) is 22.9. The molecule has 1 atom stereocenters. The Morgan fingerprint density at radius 3 is 2.48 bits per heavy atom. The first-order valence-electron chi connectivity index (χ1n) is 8.17. The molecule has 0 saturated heterocycles. The molecule has 0 radical (unpaired) electrons. The SMILES string of the molecule is C/C=C(\C)C(CCN(C)N=NC(C)C)Nc1ccc(CO)cc1. The van der Waals surface area contributed by atoms with Crippen LogP contribution < -0.4 is 5.32 Å². The molecule has 0 spiro atoms. The van der Waals surface area contributed by atoms with Crippen molar-refractivity contribution in [2.75, 3.05) is 18.9 Å². The van der Waals surface area contributed by atoms with Gasteiger partial charge in [-0.3, -0.25) is 5.01 Å². The molecule has 0 bridgehead atoms. The Morgan fingerprint density at radius 1 is 1.30 bits per heavy atom. The minimum absolute atomic E-state index is 0.0727. The number of nitrogens with one attached hydrogen (secondary N) is 1. The molecule has 128 valence electrons. The molecule has 0 saturated carbocycles. The van der Waals surface area contributed by atoms with Crippen LogP contribution in [0.5, 0.6) is 0 Å². The van der Waals surface area contributed by atoms with Gasteiger partial charge in [0.05, 0.1) is 12.6 Å². The van der Waals surface area contributed by atoms with Crippen molar-refractivity contribution in [1.82, 2.24) is 5.01 Å². The van der Waals surface area contributed by atoms with E-state index in [0.717, 1.165) is 24.2 Å². The molecule has 1 aromatic carbocycles. The zero-order valence-electron chi connectivity index (χ0n) is 15.0. The topological polar surface area (TPSA) is 60.2 Å². The maximum Gasteiger partial charge on any atom is 0.0681 e. The van der Waals surface area contributed by atoms with E-state index in [1.807, 2.05) is 50.2 Å². The van der Waals surface area contributed by atoms with Crippen LogP contribution >= 0.6 is 0 Å². The van der Waals surface area contributed by atoms with Crippen molar-refractivity contribution in [3.05, 3.63) is 41.5 Å². The molecule has 1 rings (SSSR count). The van der Waals surface area contributed by atoms with Gasteiger partial charge in [0.1, 0.15) is 0 Å². The maximum atomic E-state index is 9.12. The average Bonchev–Trinajstić information content (AvgIpc) is 2.56. The summed E-state index contributed by atoms with van der Waals surface area (Å²) in [7, 11) is 1.95. The highest BCUT2D eigenvalue weighted by Gasteiger charge is 2.11. The average molecular weight is 318 g/mol. The molecule has 2 N–H and O–H groups in total. The van der Waals surface area contributed by atoms with Gasteiger partial charge < -0.3 is 10.4 Å². The minimum Gasteiger partial charge on any atom is -0.392 e. The zero-order chi connectivity index (χ0) is 17.2. The lowest BCUT2D eigenvalue weighted by Crippen LogP contribution is -2.26. The minimum atomic E-state index is 0.0727. The Bertz CT molecular complexity index is 508. The third kappa shape index (κ3) is 7.28. The molecular formula is C18H30N4O. The standard InChI is InChI=1S/C18H30N4O/c1-6-15(4)18(11-12-22(5)21-20-14(2)3)19-17-9-7-16(13-23)8-10-17/h6-10,14,18-19,23H,11-13H2,1-5H3/b15-6+,21-20?. The number of allylic oxidation sites excluding steroid dienone is 1. The molecule has 1 aromatic rings. The number of hydrogen-bond donors (Lipinski definition) is 2. The van der Waals surface area contributed by atoms with Crippen LogP contribution in [0, 0.1) is 0 Å². The van der Waals surface area contributed by atoms with E-state index < -0.39 is 0 Å². The second-order valence-corrected chi connectivity index (χ2v) is 6.05. The summed E-state index contributed by atoms with van der Waals surface area (Å²) in [4.78, 5) is 0. The normalized spacial score (nSPS) is 13.6. The van der Waals surface area contributed by atoms with Gasteiger partial charge in [-0.1, -0.05) is 29.0 Å². The molecule has 0 fully saturated rings. The highest BCUT2D eigenvalue weighted by atomic mass is 16.3. The molecule has 1 unspecified atom stereocenters. The van der Waals surface area contributed by atoms with Gasteiger partial charge in [0.25, 0.3) is 0 Å². The fraction of sp³-hybridized carbons (Fsp3) is 0.556. The summed E-state index contributed by atoms with van der Waals surface area (Å²) in [6, 6.07) is 8.35. The molecule has 5 heteroatoms. The molecule has 23 heavy (non-hydrogen) atoms. The van der Waals surface area contributed by atoms with Gasteiger partial charge >= 0.3 is 0 Å². The van der Waals surface area contributed by atoms with Crippen molar-refractivity contribution < 1.29 is 5.11 Å². The molecule has 5 nitrogen and oxygen atoms in total. The first kappa shape index (κ1) is 19.2. The Balaban J connectivity index is 2.65. The summed E-state index contributed by atoms with van der Waals surface area (Å²) in [5.41, 5.74) is 3.27. The third-order valence-electron chi connectivity index (χ3n) is 3.66. The predicted molar refractivity (Wildman–Crippen MR) is 96.4 cm³/mol. The lowest BCUT2D eigenvalue weighted by atomic mass is 10.0. The van der Waals surface area contributed by atoms with Crippen molar-refractivity contribution in [1.29, 1.82) is 0 Å². The van der Waals surface area contributed by atoms with Gasteiger partial charge in [0.2, 0.25) is 0 Å². The van der Waals surface area contributed by atoms with E-state index in [1.165, 1.54) is 5.57 Å². The quantitative estimate of drug-likeness (QED) is 0.411. The van der Waals surface area contributed by atoms with Gasteiger partial charge in [-0.2, -0.15) is 5.11 Å². The van der Waals surface area contributed by atoms with E-state index >= 15 is 0 Å². The number of aliphatic hydroxyl groups is 1. The van der Waals surface area contributed by atoms with Crippen molar-refractivity contribution >= 4 is 5.69 Å².